The third kappa shape index (κ3) is 3.89. The van der Waals surface area contributed by atoms with Gasteiger partial charge >= 0.3 is 5.69 Å². The Morgan fingerprint density at radius 2 is 2.08 bits per heavy atom. The summed E-state index contributed by atoms with van der Waals surface area (Å²) < 4.78 is 22.5. The summed E-state index contributed by atoms with van der Waals surface area (Å²) in [7, 11) is 1.55. The molecule has 0 unspecified atom stereocenters. The summed E-state index contributed by atoms with van der Waals surface area (Å²) in [6.07, 6.45) is 0.105. The van der Waals surface area contributed by atoms with E-state index < -0.39 is 5.82 Å². The molecule has 25 heavy (non-hydrogen) atoms. The summed E-state index contributed by atoms with van der Waals surface area (Å²) in [5.74, 6) is -0.0138. The monoisotopic (exact) mass is 445 g/mol. The Morgan fingerprint density at radius 1 is 1.32 bits per heavy atom. The van der Waals surface area contributed by atoms with Gasteiger partial charge in [0.1, 0.15) is 11.6 Å². The molecule has 0 spiro atoms. The highest BCUT2D eigenvalue weighted by molar-refractivity contribution is 9.10. The van der Waals surface area contributed by atoms with Gasteiger partial charge in [-0.25, -0.2) is 14.3 Å². The molecular formula is C16H11BrCl2FN3O2. The van der Waals surface area contributed by atoms with Crippen molar-refractivity contribution in [1.82, 2.24) is 14.8 Å². The molecule has 1 aromatic heterocycles. The lowest BCUT2D eigenvalue weighted by atomic mass is 10.1. The fraction of sp³-hybridized carbons (Fsp3) is 0.125. The molecule has 130 valence electrons. The maximum atomic E-state index is 14.9. The molecule has 0 radical (unpaired) electrons. The smallest absolute Gasteiger partial charge is 0.343 e. The van der Waals surface area contributed by atoms with Crippen molar-refractivity contribution in [2.24, 2.45) is 7.05 Å². The van der Waals surface area contributed by atoms with Crippen LogP contribution in [0.1, 0.15) is 11.4 Å². The van der Waals surface area contributed by atoms with Crippen LogP contribution in [0.2, 0.25) is 10.0 Å². The Bertz CT molecular complexity index is 983. The lowest BCUT2D eigenvalue weighted by Gasteiger charge is -2.12. The number of hydrogen-bond donors (Lipinski definition) is 1. The molecular weight excluding hydrogens is 436 g/mol. The number of halogens is 4. The van der Waals surface area contributed by atoms with E-state index in [-0.39, 0.29) is 22.9 Å². The first-order chi connectivity index (χ1) is 11.8. The van der Waals surface area contributed by atoms with Crippen LogP contribution in [0.15, 0.2) is 39.6 Å². The van der Waals surface area contributed by atoms with E-state index in [0.29, 0.717) is 26.6 Å². The van der Waals surface area contributed by atoms with Crippen molar-refractivity contribution in [2.45, 2.75) is 6.42 Å². The van der Waals surface area contributed by atoms with E-state index in [0.717, 1.165) is 0 Å². The first-order valence-corrected chi connectivity index (χ1v) is 8.61. The SMILES string of the molecule is Cn1c(Cc2ccc(Cl)c(Oc3cc(Cl)cc(Br)c3)c2F)n[nH]c1=O. The van der Waals surface area contributed by atoms with Crippen LogP contribution in [0, 0.1) is 5.82 Å². The number of nitrogens with one attached hydrogen (secondary N) is 1. The minimum absolute atomic E-state index is 0.105. The molecule has 0 amide bonds. The Balaban J connectivity index is 1.97. The number of ether oxygens (including phenoxy) is 1. The first-order valence-electron chi connectivity index (χ1n) is 7.06. The summed E-state index contributed by atoms with van der Waals surface area (Å²) in [6.45, 7) is 0. The standard InChI is InChI=1S/C16H11BrCl2FN3O2/c1-23-13(21-22-16(23)24)4-8-2-3-12(19)15(14(8)20)25-11-6-9(17)5-10(18)7-11/h2-3,5-7H,4H2,1H3,(H,22,24). The number of benzene rings is 2. The van der Waals surface area contributed by atoms with Crippen LogP contribution >= 0.6 is 39.1 Å². The zero-order valence-corrected chi connectivity index (χ0v) is 15.9. The van der Waals surface area contributed by atoms with E-state index in [2.05, 4.69) is 26.1 Å². The number of aromatic amines is 1. The molecule has 0 saturated carbocycles. The largest absolute Gasteiger partial charge is 0.453 e. The molecule has 0 bridgehead atoms. The highest BCUT2D eigenvalue weighted by Gasteiger charge is 2.17. The molecule has 9 heteroatoms. The lowest BCUT2D eigenvalue weighted by molar-refractivity contribution is 0.439. The highest BCUT2D eigenvalue weighted by Crippen LogP contribution is 2.36. The fourth-order valence-electron chi connectivity index (χ4n) is 2.22. The van der Waals surface area contributed by atoms with Gasteiger partial charge < -0.3 is 4.74 Å². The minimum Gasteiger partial charge on any atom is -0.453 e. The van der Waals surface area contributed by atoms with Crippen molar-refractivity contribution in [3.63, 3.8) is 0 Å². The molecule has 0 aliphatic rings. The van der Waals surface area contributed by atoms with Gasteiger partial charge in [0.25, 0.3) is 0 Å². The van der Waals surface area contributed by atoms with Crippen LogP contribution in [0.3, 0.4) is 0 Å². The summed E-state index contributed by atoms with van der Waals surface area (Å²) in [4.78, 5) is 11.4. The van der Waals surface area contributed by atoms with E-state index >= 15 is 0 Å². The zero-order valence-electron chi connectivity index (χ0n) is 12.8. The van der Waals surface area contributed by atoms with Crippen molar-refractivity contribution in [3.05, 3.63) is 72.5 Å². The Hall–Kier alpha value is -1.83. The van der Waals surface area contributed by atoms with Gasteiger partial charge in [-0.2, -0.15) is 5.10 Å². The van der Waals surface area contributed by atoms with Crippen LogP contribution in [0.5, 0.6) is 11.5 Å². The van der Waals surface area contributed by atoms with Gasteiger partial charge in [-0.05, 0) is 29.8 Å². The van der Waals surface area contributed by atoms with E-state index in [1.165, 1.54) is 16.7 Å². The predicted molar refractivity (Wildman–Crippen MR) is 97.3 cm³/mol. The number of H-pyrrole nitrogens is 1. The van der Waals surface area contributed by atoms with Crippen molar-refractivity contribution in [1.29, 1.82) is 0 Å². The number of rotatable bonds is 4. The van der Waals surface area contributed by atoms with E-state index in [1.54, 1.807) is 25.2 Å². The second kappa shape index (κ2) is 7.19. The summed E-state index contributed by atoms with van der Waals surface area (Å²) in [5, 5.41) is 6.74. The molecule has 3 rings (SSSR count). The molecule has 1 heterocycles. The normalized spacial score (nSPS) is 10.9. The molecule has 0 aliphatic carbocycles. The van der Waals surface area contributed by atoms with Crippen LogP contribution < -0.4 is 10.4 Å². The van der Waals surface area contributed by atoms with Crippen molar-refractivity contribution in [3.8, 4) is 11.5 Å². The average Bonchev–Trinajstić information content (AvgIpc) is 2.85. The third-order valence-corrected chi connectivity index (χ3v) is 4.48. The van der Waals surface area contributed by atoms with Gasteiger partial charge in [0.15, 0.2) is 11.6 Å². The maximum Gasteiger partial charge on any atom is 0.343 e. The molecule has 3 aromatic rings. The topological polar surface area (TPSA) is 59.9 Å². The maximum absolute atomic E-state index is 14.9. The average molecular weight is 447 g/mol. The lowest BCUT2D eigenvalue weighted by Crippen LogP contribution is -2.15. The molecule has 0 fully saturated rings. The van der Waals surface area contributed by atoms with Crippen molar-refractivity contribution in [2.75, 3.05) is 0 Å². The molecule has 2 aromatic carbocycles. The van der Waals surface area contributed by atoms with Crippen LogP contribution in [-0.4, -0.2) is 14.8 Å². The number of aromatic nitrogens is 3. The number of nitrogens with zero attached hydrogens (tertiary/aromatic N) is 2. The Labute approximate surface area is 160 Å². The summed E-state index contributed by atoms with van der Waals surface area (Å²) >= 11 is 15.4. The van der Waals surface area contributed by atoms with Crippen molar-refractivity contribution < 1.29 is 9.13 Å². The van der Waals surface area contributed by atoms with Crippen LogP contribution in [0.25, 0.3) is 0 Å². The third-order valence-electron chi connectivity index (χ3n) is 3.51. The summed E-state index contributed by atoms with van der Waals surface area (Å²) in [6, 6.07) is 7.93. The Kier molecular flexibility index (Phi) is 5.17. The van der Waals surface area contributed by atoms with Crippen LogP contribution in [0.4, 0.5) is 4.39 Å². The molecule has 0 aliphatic heterocycles. The van der Waals surface area contributed by atoms with Gasteiger partial charge in [0, 0.05) is 23.0 Å². The molecule has 0 saturated heterocycles. The van der Waals surface area contributed by atoms with E-state index in [9.17, 15) is 9.18 Å². The zero-order chi connectivity index (χ0) is 18.1. The highest BCUT2D eigenvalue weighted by atomic mass is 79.9. The quantitative estimate of drug-likeness (QED) is 0.631. The Morgan fingerprint density at radius 3 is 2.72 bits per heavy atom. The van der Waals surface area contributed by atoms with Crippen molar-refractivity contribution >= 4 is 39.1 Å². The van der Waals surface area contributed by atoms with Gasteiger partial charge in [0.05, 0.1) is 5.02 Å². The summed E-state index contributed by atoms with van der Waals surface area (Å²) in [5.41, 5.74) is -0.0767. The minimum atomic E-state index is -0.626. The van der Waals surface area contributed by atoms with Gasteiger partial charge in [-0.3, -0.25) is 4.57 Å². The molecule has 1 N–H and O–H groups in total. The van der Waals surface area contributed by atoms with E-state index in [1.807, 2.05) is 0 Å². The van der Waals surface area contributed by atoms with E-state index in [4.69, 9.17) is 27.9 Å². The van der Waals surface area contributed by atoms with Gasteiger partial charge in [-0.15, -0.1) is 0 Å². The van der Waals surface area contributed by atoms with Gasteiger partial charge in [0.2, 0.25) is 0 Å². The first kappa shape index (κ1) is 18.0. The van der Waals surface area contributed by atoms with Crippen LogP contribution in [-0.2, 0) is 13.5 Å². The second-order valence-electron chi connectivity index (χ2n) is 5.24. The van der Waals surface area contributed by atoms with Gasteiger partial charge in [-0.1, -0.05) is 45.2 Å². The number of hydrogen-bond acceptors (Lipinski definition) is 3. The molecule has 5 nitrogen and oxygen atoms in total. The fourth-order valence-corrected chi connectivity index (χ4v) is 3.23. The molecule has 0 atom stereocenters. The predicted octanol–water partition coefficient (Wildman–Crippen LogP) is 4.70. The second-order valence-corrected chi connectivity index (χ2v) is 7.00.